The largest absolute Gasteiger partial charge is 0.497 e. The van der Waals surface area contributed by atoms with Gasteiger partial charge in [-0.25, -0.2) is 0 Å². The summed E-state index contributed by atoms with van der Waals surface area (Å²) < 4.78 is 5.16. The second-order valence-corrected chi connectivity index (χ2v) is 7.06. The van der Waals surface area contributed by atoms with E-state index in [2.05, 4.69) is 0 Å². The van der Waals surface area contributed by atoms with Gasteiger partial charge in [-0.2, -0.15) is 0 Å². The van der Waals surface area contributed by atoms with Crippen LogP contribution in [-0.4, -0.2) is 30.6 Å². The first-order valence-corrected chi connectivity index (χ1v) is 7.97. The van der Waals surface area contributed by atoms with Gasteiger partial charge in [0.2, 0.25) is 5.91 Å². The number of carbonyl (C=O) groups is 2. The number of carboxylic acids is 1. The first-order valence-electron chi connectivity index (χ1n) is 7.97. The smallest absolute Gasteiger partial charge is 0.303 e. The Labute approximate surface area is 137 Å². The lowest BCUT2D eigenvalue weighted by atomic mass is 9.85. The van der Waals surface area contributed by atoms with Crippen LogP contribution in [0.3, 0.4) is 0 Å². The van der Waals surface area contributed by atoms with E-state index < -0.39 is 11.4 Å². The van der Waals surface area contributed by atoms with Gasteiger partial charge < -0.3 is 14.7 Å². The fourth-order valence-electron chi connectivity index (χ4n) is 2.65. The summed E-state index contributed by atoms with van der Waals surface area (Å²) in [5, 5.41) is 8.99. The van der Waals surface area contributed by atoms with Crippen molar-refractivity contribution in [2.24, 2.45) is 11.3 Å². The molecule has 1 aliphatic rings. The second-order valence-electron chi connectivity index (χ2n) is 7.06. The summed E-state index contributed by atoms with van der Waals surface area (Å²) in [5.41, 5.74) is 0.283. The molecular weight excluding hydrogens is 294 g/mol. The summed E-state index contributed by atoms with van der Waals surface area (Å²) in [4.78, 5) is 25.5. The summed E-state index contributed by atoms with van der Waals surface area (Å²) in [6.45, 7) is 4.35. The highest BCUT2D eigenvalue weighted by atomic mass is 16.5. The van der Waals surface area contributed by atoms with E-state index in [0.29, 0.717) is 12.5 Å². The van der Waals surface area contributed by atoms with Gasteiger partial charge in [-0.3, -0.25) is 9.59 Å². The standard InChI is InChI=1S/C18H25NO4/c1-18(2,11-17(21)22)10-16(20)19(12-13-4-5-13)14-6-8-15(23-3)9-7-14/h6-9,13H,4-5,10-12H2,1-3H3,(H,21,22). The molecular formula is C18H25NO4. The Bertz CT molecular complexity index is 561. The molecule has 0 saturated heterocycles. The average Bonchev–Trinajstić information content (AvgIpc) is 3.27. The van der Waals surface area contributed by atoms with Crippen LogP contribution in [0.4, 0.5) is 5.69 Å². The van der Waals surface area contributed by atoms with Gasteiger partial charge in [0.05, 0.1) is 13.5 Å². The second kappa shape index (κ2) is 7.02. The number of nitrogens with zero attached hydrogens (tertiary/aromatic N) is 1. The molecule has 0 spiro atoms. The van der Waals surface area contributed by atoms with Gasteiger partial charge in [0.1, 0.15) is 5.75 Å². The van der Waals surface area contributed by atoms with E-state index in [1.54, 1.807) is 12.0 Å². The van der Waals surface area contributed by atoms with E-state index in [9.17, 15) is 9.59 Å². The van der Waals surface area contributed by atoms with E-state index in [4.69, 9.17) is 9.84 Å². The van der Waals surface area contributed by atoms with Crippen molar-refractivity contribution in [1.29, 1.82) is 0 Å². The van der Waals surface area contributed by atoms with Crippen molar-refractivity contribution >= 4 is 17.6 Å². The zero-order chi connectivity index (χ0) is 17.0. The average molecular weight is 319 g/mol. The number of ether oxygens (including phenoxy) is 1. The topological polar surface area (TPSA) is 66.8 Å². The molecule has 23 heavy (non-hydrogen) atoms. The number of carbonyl (C=O) groups excluding carboxylic acids is 1. The fraction of sp³-hybridized carbons (Fsp3) is 0.556. The van der Waals surface area contributed by atoms with Crippen molar-refractivity contribution in [3.8, 4) is 5.75 Å². The van der Waals surface area contributed by atoms with Crippen LogP contribution in [0.2, 0.25) is 0 Å². The van der Waals surface area contributed by atoms with Gasteiger partial charge in [0.25, 0.3) is 0 Å². The number of rotatable bonds is 8. The Morgan fingerprint density at radius 2 is 1.83 bits per heavy atom. The molecule has 1 aliphatic carbocycles. The number of benzene rings is 1. The van der Waals surface area contributed by atoms with Gasteiger partial charge in [-0.15, -0.1) is 0 Å². The predicted molar refractivity (Wildman–Crippen MR) is 88.7 cm³/mol. The van der Waals surface area contributed by atoms with Crippen molar-refractivity contribution < 1.29 is 19.4 Å². The zero-order valence-corrected chi connectivity index (χ0v) is 14.0. The number of aliphatic carboxylic acids is 1. The summed E-state index contributed by atoms with van der Waals surface area (Å²) in [5.74, 6) is 0.414. The third kappa shape index (κ3) is 5.27. The van der Waals surface area contributed by atoms with Crippen LogP contribution < -0.4 is 9.64 Å². The number of amides is 1. The quantitative estimate of drug-likeness (QED) is 0.798. The maximum Gasteiger partial charge on any atom is 0.303 e. The molecule has 0 aliphatic heterocycles. The van der Waals surface area contributed by atoms with Crippen molar-refractivity contribution in [2.75, 3.05) is 18.6 Å². The molecule has 1 aromatic carbocycles. The molecule has 5 nitrogen and oxygen atoms in total. The van der Waals surface area contributed by atoms with E-state index in [-0.39, 0.29) is 18.7 Å². The third-order valence-electron chi connectivity index (χ3n) is 4.08. The Kier molecular flexibility index (Phi) is 5.29. The highest BCUT2D eigenvalue weighted by Crippen LogP contribution is 2.34. The lowest BCUT2D eigenvalue weighted by Gasteiger charge is -2.28. The first kappa shape index (κ1) is 17.3. The van der Waals surface area contributed by atoms with Gasteiger partial charge in [-0.1, -0.05) is 13.8 Å². The number of hydrogen-bond donors (Lipinski definition) is 1. The lowest BCUT2D eigenvalue weighted by Crippen LogP contribution is -2.36. The van der Waals surface area contributed by atoms with Gasteiger partial charge in [0.15, 0.2) is 0 Å². The van der Waals surface area contributed by atoms with E-state index in [1.165, 1.54) is 0 Å². The number of methoxy groups -OCH3 is 1. The molecule has 0 heterocycles. The third-order valence-corrected chi connectivity index (χ3v) is 4.08. The Morgan fingerprint density at radius 3 is 2.30 bits per heavy atom. The van der Waals surface area contributed by atoms with Gasteiger partial charge in [0, 0.05) is 18.7 Å². The summed E-state index contributed by atoms with van der Waals surface area (Å²) >= 11 is 0. The number of anilines is 1. The first-order chi connectivity index (χ1) is 10.8. The number of carboxylic acid groups (broad SMARTS) is 1. The molecule has 1 aromatic rings. The summed E-state index contributed by atoms with van der Waals surface area (Å²) in [6, 6.07) is 7.43. The molecule has 1 saturated carbocycles. The fourth-order valence-corrected chi connectivity index (χ4v) is 2.65. The monoisotopic (exact) mass is 319 g/mol. The highest BCUT2D eigenvalue weighted by Gasteiger charge is 2.32. The van der Waals surface area contributed by atoms with Crippen molar-refractivity contribution in [3.05, 3.63) is 24.3 Å². The number of hydrogen-bond acceptors (Lipinski definition) is 3. The summed E-state index contributed by atoms with van der Waals surface area (Å²) in [7, 11) is 1.61. The molecule has 0 atom stereocenters. The Hall–Kier alpha value is -2.04. The van der Waals surface area contributed by atoms with Gasteiger partial charge in [-0.05, 0) is 48.4 Å². The minimum Gasteiger partial charge on any atom is -0.497 e. The molecule has 5 heteroatoms. The van der Waals surface area contributed by atoms with Crippen molar-refractivity contribution in [3.63, 3.8) is 0 Å². The lowest BCUT2D eigenvalue weighted by molar-refractivity contribution is -0.139. The predicted octanol–water partition coefficient (Wildman–Crippen LogP) is 3.33. The van der Waals surface area contributed by atoms with E-state index >= 15 is 0 Å². The molecule has 2 rings (SSSR count). The maximum absolute atomic E-state index is 12.8. The van der Waals surface area contributed by atoms with E-state index in [0.717, 1.165) is 24.3 Å². The van der Waals surface area contributed by atoms with Crippen LogP contribution in [0, 0.1) is 11.3 Å². The van der Waals surface area contributed by atoms with Crippen molar-refractivity contribution in [2.45, 2.75) is 39.5 Å². The van der Waals surface area contributed by atoms with E-state index in [1.807, 2.05) is 38.1 Å². The maximum atomic E-state index is 12.8. The molecule has 1 amide bonds. The Balaban J connectivity index is 2.12. The molecule has 1 N–H and O–H groups in total. The van der Waals surface area contributed by atoms with Crippen LogP contribution in [0.5, 0.6) is 5.75 Å². The van der Waals surface area contributed by atoms with Crippen LogP contribution in [0.15, 0.2) is 24.3 Å². The molecule has 0 bridgehead atoms. The minimum absolute atomic E-state index is 0.0153. The van der Waals surface area contributed by atoms with Crippen LogP contribution >= 0.6 is 0 Å². The molecule has 0 aromatic heterocycles. The van der Waals surface area contributed by atoms with Crippen LogP contribution in [0.1, 0.15) is 39.5 Å². The molecule has 0 radical (unpaired) electrons. The molecule has 1 fully saturated rings. The van der Waals surface area contributed by atoms with Crippen molar-refractivity contribution in [1.82, 2.24) is 0 Å². The molecule has 0 unspecified atom stereocenters. The van der Waals surface area contributed by atoms with Crippen LogP contribution in [0.25, 0.3) is 0 Å². The highest BCUT2D eigenvalue weighted by molar-refractivity contribution is 5.94. The SMILES string of the molecule is COc1ccc(N(CC2CC2)C(=O)CC(C)(C)CC(=O)O)cc1. The molecule has 126 valence electrons. The zero-order valence-electron chi connectivity index (χ0n) is 14.0. The van der Waals surface area contributed by atoms with Crippen LogP contribution in [-0.2, 0) is 9.59 Å². The summed E-state index contributed by atoms with van der Waals surface area (Å²) in [6.07, 6.45) is 2.51. The minimum atomic E-state index is -0.874. The Morgan fingerprint density at radius 1 is 1.22 bits per heavy atom. The normalized spacial score (nSPS) is 14.4. The van der Waals surface area contributed by atoms with Gasteiger partial charge >= 0.3 is 5.97 Å².